The van der Waals surface area contributed by atoms with Gasteiger partial charge in [0.05, 0.1) is 18.4 Å². The molecule has 1 aliphatic rings. The van der Waals surface area contributed by atoms with Gasteiger partial charge in [0.25, 0.3) is 5.89 Å². The summed E-state index contributed by atoms with van der Waals surface area (Å²) >= 11 is 0. The Hall–Kier alpha value is -1.50. The van der Waals surface area contributed by atoms with E-state index in [1.165, 1.54) is 0 Å². The van der Waals surface area contributed by atoms with Gasteiger partial charge in [-0.05, 0) is 37.4 Å². The van der Waals surface area contributed by atoms with E-state index in [1.54, 1.807) is 18.4 Å². The molecular weight excluding hydrogens is 353 g/mol. The lowest BCUT2D eigenvalue weighted by Gasteiger charge is -2.22. The Balaban J connectivity index is 0.00000144. The van der Waals surface area contributed by atoms with Gasteiger partial charge >= 0.3 is 0 Å². The summed E-state index contributed by atoms with van der Waals surface area (Å²) in [5, 5.41) is 0. The van der Waals surface area contributed by atoms with Crippen molar-refractivity contribution >= 4 is 30.7 Å². The Kier molecular flexibility index (Phi) is 6.89. The third kappa shape index (κ3) is 4.12. The standard InChI is InChI=1S/C16H21N3O3.2ClH/c1-11-12(18-15(22-11)13-4-3-7-21-13)8-14(20)19-6-5-16(2,9-17)10-19;;/h3-4,7H,5-6,8-10,17H2,1-2H3;2*1H. The monoisotopic (exact) mass is 375 g/mol. The van der Waals surface area contributed by atoms with E-state index in [2.05, 4.69) is 11.9 Å². The number of oxazole rings is 1. The van der Waals surface area contributed by atoms with Crippen molar-refractivity contribution in [2.45, 2.75) is 26.7 Å². The maximum atomic E-state index is 12.4. The van der Waals surface area contributed by atoms with Gasteiger partial charge in [0.15, 0.2) is 5.76 Å². The number of aromatic nitrogens is 1. The maximum Gasteiger partial charge on any atom is 0.263 e. The molecule has 2 aromatic heterocycles. The number of likely N-dealkylation sites (tertiary alicyclic amines) is 1. The fraction of sp³-hybridized carbons (Fsp3) is 0.500. The van der Waals surface area contributed by atoms with Gasteiger partial charge in [-0.2, -0.15) is 0 Å². The number of furan rings is 1. The molecule has 1 amide bonds. The first-order chi connectivity index (χ1) is 10.5. The van der Waals surface area contributed by atoms with Crippen molar-refractivity contribution in [3.63, 3.8) is 0 Å². The fourth-order valence-electron chi connectivity index (χ4n) is 2.76. The van der Waals surface area contributed by atoms with E-state index in [9.17, 15) is 4.79 Å². The number of rotatable bonds is 4. The first-order valence-electron chi connectivity index (χ1n) is 7.49. The Morgan fingerprint density at radius 2 is 2.21 bits per heavy atom. The Morgan fingerprint density at radius 3 is 2.79 bits per heavy atom. The first kappa shape index (κ1) is 20.5. The van der Waals surface area contributed by atoms with Crippen LogP contribution in [-0.2, 0) is 11.2 Å². The minimum Gasteiger partial charge on any atom is -0.459 e. The molecule has 0 bridgehead atoms. The maximum absolute atomic E-state index is 12.4. The number of hydrogen-bond acceptors (Lipinski definition) is 5. The molecule has 0 aromatic carbocycles. The van der Waals surface area contributed by atoms with E-state index >= 15 is 0 Å². The van der Waals surface area contributed by atoms with Crippen LogP contribution in [0.2, 0.25) is 0 Å². The first-order valence-corrected chi connectivity index (χ1v) is 7.49. The largest absolute Gasteiger partial charge is 0.459 e. The van der Waals surface area contributed by atoms with Gasteiger partial charge < -0.3 is 19.5 Å². The van der Waals surface area contributed by atoms with Crippen LogP contribution < -0.4 is 5.73 Å². The summed E-state index contributed by atoms with van der Waals surface area (Å²) in [7, 11) is 0. The number of halogens is 2. The number of carbonyl (C=O) groups is 1. The highest BCUT2D eigenvalue weighted by Gasteiger charge is 2.35. The molecule has 2 aromatic rings. The molecule has 2 N–H and O–H groups in total. The zero-order valence-corrected chi connectivity index (χ0v) is 15.4. The van der Waals surface area contributed by atoms with Gasteiger partial charge in [-0.25, -0.2) is 4.98 Å². The molecule has 8 heteroatoms. The zero-order chi connectivity index (χ0) is 15.7. The van der Waals surface area contributed by atoms with E-state index in [0.29, 0.717) is 36.2 Å². The molecule has 1 saturated heterocycles. The van der Waals surface area contributed by atoms with Crippen LogP contribution in [0.25, 0.3) is 11.7 Å². The molecule has 24 heavy (non-hydrogen) atoms. The molecule has 1 fully saturated rings. The highest BCUT2D eigenvalue weighted by atomic mass is 35.5. The van der Waals surface area contributed by atoms with Crippen LogP contribution in [0.5, 0.6) is 0 Å². The topological polar surface area (TPSA) is 85.5 Å². The minimum absolute atomic E-state index is 0. The summed E-state index contributed by atoms with van der Waals surface area (Å²) in [5.41, 5.74) is 6.49. The second kappa shape index (κ2) is 8.05. The van der Waals surface area contributed by atoms with Crippen molar-refractivity contribution in [2.75, 3.05) is 19.6 Å². The van der Waals surface area contributed by atoms with Gasteiger partial charge in [-0.15, -0.1) is 24.8 Å². The second-order valence-corrected chi connectivity index (χ2v) is 6.26. The van der Waals surface area contributed by atoms with E-state index in [4.69, 9.17) is 14.6 Å². The molecule has 134 valence electrons. The lowest BCUT2D eigenvalue weighted by Crippen LogP contribution is -2.35. The van der Waals surface area contributed by atoms with Crippen LogP contribution >= 0.6 is 24.8 Å². The Labute approximate surface area is 153 Å². The van der Waals surface area contributed by atoms with Gasteiger partial charge in [0.1, 0.15) is 5.76 Å². The van der Waals surface area contributed by atoms with Crippen LogP contribution in [0.3, 0.4) is 0 Å². The average Bonchev–Trinajstić information content (AvgIpc) is 3.20. The molecule has 1 atom stereocenters. The predicted octanol–water partition coefficient (Wildman–Crippen LogP) is 2.83. The zero-order valence-electron chi connectivity index (χ0n) is 13.8. The number of aryl methyl sites for hydroxylation is 1. The summed E-state index contributed by atoms with van der Waals surface area (Å²) in [6.45, 7) is 6.01. The van der Waals surface area contributed by atoms with Crippen LogP contribution in [0, 0.1) is 12.3 Å². The van der Waals surface area contributed by atoms with Crippen molar-refractivity contribution in [2.24, 2.45) is 11.1 Å². The van der Waals surface area contributed by atoms with Gasteiger partial charge in [-0.3, -0.25) is 4.79 Å². The Morgan fingerprint density at radius 1 is 1.46 bits per heavy atom. The number of carbonyl (C=O) groups excluding carboxylic acids is 1. The molecule has 0 aliphatic carbocycles. The highest BCUT2D eigenvalue weighted by Crippen LogP contribution is 2.29. The molecule has 0 radical (unpaired) electrons. The number of amides is 1. The summed E-state index contributed by atoms with van der Waals surface area (Å²) < 4.78 is 10.9. The lowest BCUT2D eigenvalue weighted by atomic mass is 9.90. The van der Waals surface area contributed by atoms with Crippen molar-refractivity contribution in [1.29, 1.82) is 0 Å². The van der Waals surface area contributed by atoms with Crippen LogP contribution in [0.4, 0.5) is 0 Å². The quantitative estimate of drug-likeness (QED) is 0.887. The van der Waals surface area contributed by atoms with Gasteiger partial charge in [-0.1, -0.05) is 6.92 Å². The molecule has 0 spiro atoms. The van der Waals surface area contributed by atoms with E-state index in [-0.39, 0.29) is 42.6 Å². The lowest BCUT2D eigenvalue weighted by molar-refractivity contribution is -0.129. The van der Waals surface area contributed by atoms with Crippen molar-refractivity contribution in [3.05, 3.63) is 29.9 Å². The van der Waals surface area contributed by atoms with Crippen LogP contribution in [-0.4, -0.2) is 35.4 Å². The smallest absolute Gasteiger partial charge is 0.263 e. The van der Waals surface area contributed by atoms with Crippen LogP contribution in [0.15, 0.2) is 27.2 Å². The van der Waals surface area contributed by atoms with Crippen molar-refractivity contribution in [3.8, 4) is 11.7 Å². The van der Waals surface area contributed by atoms with Crippen molar-refractivity contribution in [1.82, 2.24) is 9.88 Å². The SMILES string of the molecule is Cc1oc(-c2ccco2)nc1CC(=O)N1CCC(C)(CN)C1.Cl.Cl. The number of nitrogens with two attached hydrogens (primary N) is 1. The molecule has 0 saturated carbocycles. The van der Waals surface area contributed by atoms with Gasteiger partial charge in [0.2, 0.25) is 5.91 Å². The van der Waals surface area contributed by atoms with E-state index in [0.717, 1.165) is 13.0 Å². The molecular formula is C16H23Cl2N3O3. The molecule has 1 aliphatic heterocycles. The molecule has 3 heterocycles. The number of hydrogen-bond donors (Lipinski definition) is 1. The molecule has 1 unspecified atom stereocenters. The summed E-state index contributed by atoms with van der Waals surface area (Å²) in [6, 6.07) is 3.56. The molecule has 3 rings (SSSR count). The van der Waals surface area contributed by atoms with Crippen LogP contribution in [0.1, 0.15) is 24.8 Å². The summed E-state index contributed by atoms with van der Waals surface area (Å²) in [6.07, 6.45) is 2.76. The third-order valence-electron chi connectivity index (χ3n) is 4.35. The number of nitrogens with zero attached hydrogens (tertiary/aromatic N) is 2. The summed E-state index contributed by atoms with van der Waals surface area (Å²) in [4.78, 5) is 18.7. The van der Waals surface area contributed by atoms with Gasteiger partial charge in [0, 0.05) is 13.1 Å². The highest BCUT2D eigenvalue weighted by molar-refractivity contribution is 5.85. The van der Waals surface area contributed by atoms with E-state index < -0.39 is 0 Å². The Bertz CT molecular complexity index is 672. The van der Waals surface area contributed by atoms with E-state index in [1.807, 2.05) is 11.8 Å². The minimum atomic E-state index is 0. The fourth-order valence-corrected chi connectivity index (χ4v) is 2.76. The van der Waals surface area contributed by atoms with Crippen molar-refractivity contribution < 1.29 is 13.6 Å². The molecule has 6 nitrogen and oxygen atoms in total. The summed E-state index contributed by atoms with van der Waals surface area (Å²) in [5.74, 6) is 1.71. The average molecular weight is 376 g/mol. The predicted molar refractivity (Wildman–Crippen MR) is 95.5 cm³/mol. The second-order valence-electron chi connectivity index (χ2n) is 6.26. The normalized spacial score (nSPS) is 19.7. The third-order valence-corrected chi connectivity index (χ3v) is 4.35.